The third kappa shape index (κ3) is 3.87. The maximum Gasteiger partial charge on any atom is 0.267 e. The molecule has 0 aliphatic carbocycles. The van der Waals surface area contributed by atoms with Crippen molar-refractivity contribution in [3.8, 4) is 17.4 Å². The Bertz CT molecular complexity index is 1280. The number of sulfonamides is 1. The summed E-state index contributed by atoms with van der Waals surface area (Å²) >= 11 is 0. The number of rotatable bonds is 6. The van der Waals surface area contributed by atoms with Crippen molar-refractivity contribution in [2.75, 3.05) is 4.72 Å². The lowest BCUT2D eigenvalue weighted by Crippen LogP contribution is -2.14. The van der Waals surface area contributed by atoms with Gasteiger partial charge in [-0.2, -0.15) is 0 Å². The van der Waals surface area contributed by atoms with E-state index in [1.807, 2.05) is 6.92 Å². The van der Waals surface area contributed by atoms with Crippen LogP contribution in [0.25, 0.3) is 5.82 Å². The van der Waals surface area contributed by atoms with Crippen LogP contribution in [-0.2, 0) is 10.0 Å². The monoisotopic (exact) mass is 426 g/mol. The van der Waals surface area contributed by atoms with Crippen molar-refractivity contribution in [3.05, 3.63) is 66.3 Å². The Hall–Kier alpha value is -3.73. The van der Waals surface area contributed by atoms with Crippen molar-refractivity contribution in [2.45, 2.75) is 25.7 Å². The molecule has 0 saturated heterocycles. The van der Waals surface area contributed by atoms with E-state index in [4.69, 9.17) is 9.26 Å². The minimum absolute atomic E-state index is 0.0335. The number of imidazole rings is 1. The number of benzene rings is 1. The van der Waals surface area contributed by atoms with Gasteiger partial charge in [-0.3, -0.25) is 9.29 Å². The van der Waals surface area contributed by atoms with E-state index >= 15 is 0 Å². The molecule has 0 radical (unpaired) electrons. The summed E-state index contributed by atoms with van der Waals surface area (Å²) in [4.78, 5) is 12.5. The summed E-state index contributed by atoms with van der Waals surface area (Å²) in [6, 6.07) is 8.13. The summed E-state index contributed by atoms with van der Waals surface area (Å²) in [6.45, 7) is 4.99. The van der Waals surface area contributed by atoms with E-state index in [0.29, 0.717) is 28.8 Å². The van der Waals surface area contributed by atoms with Gasteiger partial charge in [-0.25, -0.2) is 23.4 Å². The van der Waals surface area contributed by atoms with Gasteiger partial charge in [0.15, 0.2) is 10.7 Å². The van der Waals surface area contributed by atoms with E-state index in [1.54, 1.807) is 61.1 Å². The first-order valence-corrected chi connectivity index (χ1v) is 10.4. The summed E-state index contributed by atoms with van der Waals surface area (Å²) in [5.41, 5.74) is 0.674. The standard InChI is InChI=1S/C19H18N6O4S/c1-12-19(13(2)29-23-12)30(26,27)24-15-4-6-16(7-5-15)28-18-10-17(21-11-22-18)25-9-8-20-14(25)3/h4-11,24H,1-3H3. The molecule has 0 aliphatic heterocycles. The van der Waals surface area contributed by atoms with Gasteiger partial charge in [0.05, 0.1) is 0 Å². The van der Waals surface area contributed by atoms with Gasteiger partial charge in [-0.1, -0.05) is 5.16 Å². The van der Waals surface area contributed by atoms with Gasteiger partial charge in [-0.05, 0) is 45.0 Å². The van der Waals surface area contributed by atoms with E-state index in [0.717, 1.165) is 5.82 Å². The van der Waals surface area contributed by atoms with Gasteiger partial charge < -0.3 is 9.26 Å². The number of anilines is 1. The fourth-order valence-corrected chi connectivity index (χ4v) is 4.30. The second kappa shape index (κ2) is 7.59. The van der Waals surface area contributed by atoms with E-state index in [2.05, 4.69) is 24.8 Å². The lowest BCUT2D eigenvalue weighted by Gasteiger charge is -2.10. The maximum absolute atomic E-state index is 12.6. The Kier molecular flexibility index (Phi) is 4.96. The molecule has 0 amide bonds. The number of nitrogens with zero attached hydrogens (tertiary/aromatic N) is 5. The SMILES string of the molecule is Cc1noc(C)c1S(=O)(=O)Nc1ccc(Oc2cc(-n3ccnc3C)ncn2)cc1. The largest absolute Gasteiger partial charge is 0.439 e. The molecule has 154 valence electrons. The highest BCUT2D eigenvalue weighted by molar-refractivity contribution is 7.92. The molecule has 0 atom stereocenters. The Morgan fingerprint density at radius 3 is 2.47 bits per heavy atom. The molecule has 0 saturated carbocycles. The lowest BCUT2D eigenvalue weighted by atomic mass is 10.3. The number of hydrogen-bond acceptors (Lipinski definition) is 8. The summed E-state index contributed by atoms with van der Waals surface area (Å²) < 4.78 is 40.2. The highest BCUT2D eigenvalue weighted by Crippen LogP contribution is 2.25. The van der Waals surface area contributed by atoms with Crippen molar-refractivity contribution < 1.29 is 17.7 Å². The van der Waals surface area contributed by atoms with Crippen molar-refractivity contribution in [3.63, 3.8) is 0 Å². The summed E-state index contributed by atoms with van der Waals surface area (Å²) in [5, 5.41) is 3.68. The van der Waals surface area contributed by atoms with Gasteiger partial charge >= 0.3 is 0 Å². The van der Waals surface area contributed by atoms with Crippen LogP contribution in [0.5, 0.6) is 11.6 Å². The Labute approximate surface area is 172 Å². The third-order valence-corrected chi connectivity index (χ3v) is 5.89. The molecule has 4 aromatic rings. The zero-order chi connectivity index (χ0) is 21.3. The number of nitrogens with one attached hydrogen (secondary N) is 1. The third-order valence-electron chi connectivity index (χ3n) is 4.27. The van der Waals surface area contributed by atoms with Gasteiger partial charge in [0, 0.05) is 24.1 Å². The first kappa shape index (κ1) is 19.6. The van der Waals surface area contributed by atoms with Crippen LogP contribution in [0.1, 0.15) is 17.3 Å². The van der Waals surface area contributed by atoms with Crippen molar-refractivity contribution in [1.82, 2.24) is 24.7 Å². The quantitative estimate of drug-likeness (QED) is 0.498. The molecule has 10 nitrogen and oxygen atoms in total. The van der Waals surface area contributed by atoms with Crippen LogP contribution in [0.15, 0.2) is 58.5 Å². The van der Waals surface area contributed by atoms with Gasteiger partial charge in [0.1, 0.15) is 29.4 Å². The molecular formula is C19H18N6O4S. The Morgan fingerprint density at radius 1 is 1.07 bits per heavy atom. The Balaban J connectivity index is 1.50. The zero-order valence-corrected chi connectivity index (χ0v) is 17.2. The topological polar surface area (TPSA) is 125 Å². The normalized spacial score (nSPS) is 11.4. The summed E-state index contributed by atoms with van der Waals surface area (Å²) in [6.07, 6.45) is 4.87. The van der Waals surface area contributed by atoms with Gasteiger partial charge in [0.2, 0.25) is 5.88 Å². The van der Waals surface area contributed by atoms with E-state index in [-0.39, 0.29) is 10.7 Å². The fourth-order valence-electron chi connectivity index (χ4n) is 2.91. The molecule has 1 aromatic carbocycles. The first-order chi connectivity index (χ1) is 14.3. The second-order valence-electron chi connectivity index (χ2n) is 6.44. The maximum atomic E-state index is 12.6. The Morgan fingerprint density at radius 2 is 1.83 bits per heavy atom. The number of ether oxygens (including phenoxy) is 1. The van der Waals surface area contributed by atoms with Crippen molar-refractivity contribution in [2.24, 2.45) is 0 Å². The average Bonchev–Trinajstić information content (AvgIpc) is 3.28. The first-order valence-electron chi connectivity index (χ1n) is 8.89. The second-order valence-corrected chi connectivity index (χ2v) is 8.06. The van der Waals surface area contributed by atoms with E-state index < -0.39 is 10.0 Å². The van der Waals surface area contributed by atoms with Crippen molar-refractivity contribution in [1.29, 1.82) is 0 Å². The molecule has 4 rings (SSSR count). The smallest absolute Gasteiger partial charge is 0.267 e. The molecular weight excluding hydrogens is 408 g/mol. The van der Waals surface area contributed by atoms with Crippen molar-refractivity contribution >= 4 is 15.7 Å². The van der Waals surface area contributed by atoms with Gasteiger partial charge in [0.25, 0.3) is 10.0 Å². The summed E-state index contributed by atoms with van der Waals surface area (Å²) in [7, 11) is -3.81. The van der Waals surface area contributed by atoms with Gasteiger partial charge in [-0.15, -0.1) is 0 Å². The number of hydrogen-bond donors (Lipinski definition) is 1. The number of aryl methyl sites for hydroxylation is 3. The molecule has 0 aliphatic rings. The van der Waals surface area contributed by atoms with Crippen LogP contribution in [-0.4, -0.2) is 33.1 Å². The van der Waals surface area contributed by atoms with Crippen LogP contribution in [0.3, 0.4) is 0 Å². The highest BCUT2D eigenvalue weighted by atomic mass is 32.2. The van der Waals surface area contributed by atoms with Crippen LogP contribution >= 0.6 is 0 Å². The molecule has 0 bridgehead atoms. The molecule has 0 unspecified atom stereocenters. The average molecular weight is 426 g/mol. The highest BCUT2D eigenvalue weighted by Gasteiger charge is 2.24. The van der Waals surface area contributed by atoms with Crippen LogP contribution in [0, 0.1) is 20.8 Å². The number of aromatic nitrogens is 5. The molecule has 1 N–H and O–H groups in total. The molecule has 0 spiro atoms. The molecule has 30 heavy (non-hydrogen) atoms. The molecule has 0 fully saturated rings. The predicted molar refractivity (Wildman–Crippen MR) is 107 cm³/mol. The van der Waals surface area contributed by atoms with E-state index in [9.17, 15) is 8.42 Å². The minimum Gasteiger partial charge on any atom is -0.439 e. The lowest BCUT2D eigenvalue weighted by molar-refractivity contribution is 0.390. The molecule has 3 aromatic heterocycles. The van der Waals surface area contributed by atoms with Crippen LogP contribution < -0.4 is 9.46 Å². The fraction of sp³-hybridized carbons (Fsp3) is 0.158. The molecule has 3 heterocycles. The zero-order valence-electron chi connectivity index (χ0n) is 16.4. The van der Waals surface area contributed by atoms with E-state index in [1.165, 1.54) is 6.33 Å². The predicted octanol–water partition coefficient (Wildman–Crippen LogP) is 3.17. The van der Waals surface area contributed by atoms with Crippen LogP contribution in [0.2, 0.25) is 0 Å². The van der Waals surface area contributed by atoms with Crippen LogP contribution in [0.4, 0.5) is 5.69 Å². The summed E-state index contributed by atoms with van der Waals surface area (Å²) in [5.74, 6) is 2.47. The molecule has 11 heteroatoms. The minimum atomic E-state index is -3.81.